The van der Waals surface area contributed by atoms with E-state index in [0.29, 0.717) is 0 Å². The number of rotatable bonds is 8. The van der Waals surface area contributed by atoms with Crippen LogP contribution in [-0.4, -0.2) is 48.9 Å². The van der Waals surface area contributed by atoms with Gasteiger partial charge in [-0.1, -0.05) is 6.92 Å². The van der Waals surface area contributed by atoms with Crippen LogP contribution in [0.25, 0.3) is 0 Å². The van der Waals surface area contributed by atoms with Crippen LogP contribution in [0.3, 0.4) is 0 Å². The average molecular weight is 248 g/mol. The highest BCUT2D eigenvalue weighted by molar-refractivity contribution is 5.74. The molecule has 98 valence electrons. The van der Waals surface area contributed by atoms with Gasteiger partial charge in [-0.15, -0.1) is 0 Å². The quantitative estimate of drug-likeness (QED) is 0.348. The lowest BCUT2D eigenvalue weighted by atomic mass is 10.3. The summed E-state index contributed by atoms with van der Waals surface area (Å²) in [7, 11) is 0. The van der Waals surface area contributed by atoms with Crippen molar-refractivity contribution in [3.63, 3.8) is 0 Å². The van der Waals surface area contributed by atoms with Gasteiger partial charge in [0.25, 0.3) is 6.47 Å². The van der Waals surface area contributed by atoms with E-state index in [1.54, 1.807) is 6.92 Å². The van der Waals surface area contributed by atoms with Gasteiger partial charge in [0, 0.05) is 6.92 Å². The lowest BCUT2D eigenvalue weighted by Gasteiger charge is -2.16. The molecular weight excluding hydrogens is 232 g/mol. The number of carbonyl (C=O) groups is 3. The molecule has 0 aliphatic carbocycles. The van der Waals surface area contributed by atoms with Gasteiger partial charge in [0.2, 0.25) is 0 Å². The molecule has 0 rings (SSSR count). The molecule has 7 nitrogen and oxygen atoms in total. The van der Waals surface area contributed by atoms with Crippen molar-refractivity contribution in [3.05, 3.63) is 0 Å². The Morgan fingerprint density at radius 3 is 2.47 bits per heavy atom. The molecular formula is C10H16O7. The van der Waals surface area contributed by atoms with Crippen molar-refractivity contribution in [2.75, 3.05) is 13.2 Å². The third-order valence-corrected chi connectivity index (χ3v) is 1.75. The highest BCUT2D eigenvalue weighted by Crippen LogP contribution is 1.99. The lowest BCUT2D eigenvalue weighted by molar-refractivity contribution is -0.166. The summed E-state index contributed by atoms with van der Waals surface area (Å²) in [5, 5.41) is 9.13. The summed E-state index contributed by atoms with van der Waals surface area (Å²) in [5.74, 6) is -1.40. The zero-order chi connectivity index (χ0) is 13.3. The molecule has 0 heterocycles. The Hall–Kier alpha value is -1.63. The minimum absolute atomic E-state index is 0.194. The van der Waals surface area contributed by atoms with Crippen molar-refractivity contribution in [2.45, 2.75) is 32.5 Å². The molecule has 0 aliphatic rings. The Balaban J connectivity index is 4.09. The van der Waals surface area contributed by atoms with Gasteiger partial charge in [-0.05, 0) is 6.42 Å². The number of ether oxygens (including phenoxy) is 3. The van der Waals surface area contributed by atoms with E-state index in [0.717, 1.165) is 0 Å². The maximum absolute atomic E-state index is 11.1. The van der Waals surface area contributed by atoms with Crippen LogP contribution in [0.1, 0.15) is 20.3 Å². The molecule has 2 atom stereocenters. The molecule has 7 heteroatoms. The fourth-order valence-corrected chi connectivity index (χ4v) is 0.935. The Morgan fingerprint density at radius 1 is 1.35 bits per heavy atom. The van der Waals surface area contributed by atoms with Gasteiger partial charge in [-0.25, -0.2) is 4.79 Å². The van der Waals surface area contributed by atoms with Crippen molar-refractivity contribution < 1.29 is 33.7 Å². The highest BCUT2D eigenvalue weighted by Gasteiger charge is 2.19. The maximum atomic E-state index is 11.1. The summed E-state index contributed by atoms with van der Waals surface area (Å²) >= 11 is 0. The Bertz CT molecular complexity index is 263. The molecule has 0 aromatic carbocycles. The Kier molecular flexibility index (Phi) is 7.70. The van der Waals surface area contributed by atoms with Crippen LogP contribution in [0.4, 0.5) is 0 Å². The molecule has 0 radical (unpaired) electrons. The minimum Gasteiger partial charge on any atom is -0.464 e. The van der Waals surface area contributed by atoms with Crippen molar-refractivity contribution >= 4 is 18.4 Å². The van der Waals surface area contributed by atoms with Crippen molar-refractivity contribution in [3.8, 4) is 0 Å². The number of aliphatic hydroxyl groups is 1. The smallest absolute Gasteiger partial charge is 0.335 e. The number of hydrogen-bond donors (Lipinski definition) is 1. The summed E-state index contributed by atoms with van der Waals surface area (Å²) in [6.07, 6.45) is -1.85. The summed E-state index contributed by atoms with van der Waals surface area (Å²) < 4.78 is 13.8. The van der Waals surface area contributed by atoms with E-state index in [4.69, 9.17) is 14.6 Å². The number of hydrogen-bond acceptors (Lipinski definition) is 7. The Labute approximate surface area is 98.6 Å². The number of aliphatic hydroxyl groups excluding tert-OH is 1. The third kappa shape index (κ3) is 7.29. The van der Waals surface area contributed by atoms with E-state index >= 15 is 0 Å². The van der Waals surface area contributed by atoms with Gasteiger partial charge in [-0.3, -0.25) is 9.59 Å². The molecule has 0 aromatic rings. The summed E-state index contributed by atoms with van der Waals surface area (Å²) in [6, 6.07) is 0. The zero-order valence-electron chi connectivity index (χ0n) is 9.75. The van der Waals surface area contributed by atoms with Crippen LogP contribution >= 0.6 is 0 Å². The fourth-order valence-electron chi connectivity index (χ4n) is 0.935. The molecule has 0 fully saturated rings. The fraction of sp³-hybridized carbons (Fsp3) is 0.700. The molecule has 0 aromatic heterocycles. The van der Waals surface area contributed by atoms with Crippen LogP contribution in [0.2, 0.25) is 0 Å². The molecule has 0 saturated carbocycles. The topological polar surface area (TPSA) is 99.1 Å². The second kappa shape index (κ2) is 8.51. The normalized spacial score (nSPS) is 13.4. The van der Waals surface area contributed by atoms with E-state index in [9.17, 15) is 14.4 Å². The summed E-state index contributed by atoms with van der Waals surface area (Å²) in [6.45, 7) is 2.50. The minimum atomic E-state index is -1.21. The standard InChI is InChI=1S/C10H16O7/c1-3-9(13)10(14)16-5-8(4-15-6-11)17-7(2)12/h6,8-9,13H,3-5H2,1-2H3. The second-order valence-electron chi connectivity index (χ2n) is 3.22. The van der Waals surface area contributed by atoms with E-state index in [1.807, 2.05) is 0 Å². The molecule has 2 unspecified atom stereocenters. The molecule has 17 heavy (non-hydrogen) atoms. The second-order valence-corrected chi connectivity index (χ2v) is 3.22. The van der Waals surface area contributed by atoms with Gasteiger partial charge in [-0.2, -0.15) is 0 Å². The largest absolute Gasteiger partial charge is 0.464 e. The van der Waals surface area contributed by atoms with E-state index < -0.39 is 24.1 Å². The van der Waals surface area contributed by atoms with Gasteiger partial charge in [0.05, 0.1) is 0 Å². The van der Waals surface area contributed by atoms with E-state index in [-0.39, 0.29) is 26.1 Å². The van der Waals surface area contributed by atoms with Gasteiger partial charge in [0.15, 0.2) is 12.2 Å². The monoisotopic (exact) mass is 248 g/mol. The average Bonchev–Trinajstić information content (AvgIpc) is 2.30. The highest BCUT2D eigenvalue weighted by atomic mass is 16.6. The lowest BCUT2D eigenvalue weighted by Crippen LogP contribution is -2.31. The molecule has 0 amide bonds. The third-order valence-electron chi connectivity index (χ3n) is 1.75. The van der Waals surface area contributed by atoms with Crippen LogP contribution in [0, 0.1) is 0 Å². The van der Waals surface area contributed by atoms with Crippen LogP contribution in [0.15, 0.2) is 0 Å². The molecule has 0 saturated heterocycles. The summed E-state index contributed by atoms with van der Waals surface area (Å²) in [4.78, 5) is 31.8. The van der Waals surface area contributed by atoms with Crippen molar-refractivity contribution in [1.29, 1.82) is 0 Å². The Morgan fingerprint density at radius 2 is 2.00 bits per heavy atom. The summed E-state index contributed by atoms with van der Waals surface area (Å²) in [5.41, 5.74) is 0. The van der Waals surface area contributed by atoms with Gasteiger partial charge in [0.1, 0.15) is 13.2 Å². The van der Waals surface area contributed by atoms with Crippen molar-refractivity contribution in [2.24, 2.45) is 0 Å². The maximum Gasteiger partial charge on any atom is 0.335 e. The molecule has 0 aliphatic heterocycles. The first kappa shape index (κ1) is 15.4. The predicted molar refractivity (Wildman–Crippen MR) is 54.8 cm³/mol. The first-order valence-corrected chi connectivity index (χ1v) is 5.08. The SMILES string of the molecule is CCC(O)C(=O)OCC(COC=O)OC(C)=O. The first-order valence-electron chi connectivity index (χ1n) is 5.08. The molecule has 1 N–H and O–H groups in total. The van der Waals surface area contributed by atoms with Gasteiger partial charge < -0.3 is 19.3 Å². The van der Waals surface area contributed by atoms with E-state index in [2.05, 4.69) is 4.74 Å². The van der Waals surface area contributed by atoms with Crippen LogP contribution < -0.4 is 0 Å². The number of carbonyl (C=O) groups excluding carboxylic acids is 3. The van der Waals surface area contributed by atoms with Gasteiger partial charge >= 0.3 is 11.9 Å². The van der Waals surface area contributed by atoms with Crippen molar-refractivity contribution in [1.82, 2.24) is 0 Å². The van der Waals surface area contributed by atoms with Crippen LogP contribution in [-0.2, 0) is 28.6 Å². The molecule has 0 spiro atoms. The zero-order valence-corrected chi connectivity index (χ0v) is 9.75. The first-order chi connectivity index (χ1) is 8.01. The number of esters is 2. The van der Waals surface area contributed by atoms with E-state index in [1.165, 1.54) is 6.92 Å². The van der Waals surface area contributed by atoms with Crippen LogP contribution in [0.5, 0.6) is 0 Å². The molecule has 0 bridgehead atoms. The predicted octanol–water partition coefficient (Wildman–Crippen LogP) is -0.595.